The first-order valence-electron chi connectivity index (χ1n) is 10.7. The van der Waals surface area contributed by atoms with Crippen molar-refractivity contribution in [1.29, 1.82) is 0 Å². The predicted molar refractivity (Wildman–Crippen MR) is 139 cm³/mol. The Balaban J connectivity index is 1.55. The van der Waals surface area contributed by atoms with Crippen LogP contribution < -0.4 is 20.1 Å². The van der Waals surface area contributed by atoms with E-state index >= 15 is 0 Å². The quantitative estimate of drug-likeness (QED) is 0.355. The Labute approximate surface area is 208 Å². The summed E-state index contributed by atoms with van der Waals surface area (Å²) in [5.74, 6) is 1.31. The van der Waals surface area contributed by atoms with Crippen molar-refractivity contribution < 1.29 is 19.1 Å². The number of hydrogen-bond donors (Lipinski definition) is 2. The molecule has 1 heterocycles. The van der Waals surface area contributed by atoms with Crippen molar-refractivity contribution in [1.82, 2.24) is 4.98 Å². The molecule has 0 atom stereocenters. The molecule has 3 rings (SSSR count). The van der Waals surface area contributed by atoms with Gasteiger partial charge in [0.05, 0.1) is 25.7 Å². The molecule has 180 valence electrons. The Bertz CT molecular complexity index is 1160. The summed E-state index contributed by atoms with van der Waals surface area (Å²) in [5.41, 5.74) is 2.25. The Morgan fingerprint density at radius 1 is 1.00 bits per heavy atom. The number of nitrogens with one attached hydrogen (secondary N) is 2. The van der Waals surface area contributed by atoms with Crippen LogP contribution in [0.15, 0.2) is 52.7 Å². The van der Waals surface area contributed by atoms with Gasteiger partial charge in [0.1, 0.15) is 0 Å². The molecule has 2 N–H and O–H groups in total. The van der Waals surface area contributed by atoms with Crippen molar-refractivity contribution in [3.63, 3.8) is 0 Å². The zero-order chi connectivity index (χ0) is 24.7. The second-order valence-corrected chi connectivity index (χ2v) is 10.7. The van der Waals surface area contributed by atoms with Crippen molar-refractivity contribution in [3.05, 3.63) is 47.8 Å². The van der Waals surface area contributed by atoms with Gasteiger partial charge in [-0.3, -0.25) is 9.59 Å². The van der Waals surface area contributed by atoms with E-state index in [0.29, 0.717) is 23.1 Å². The first-order chi connectivity index (χ1) is 16.2. The number of methoxy groups -OCH3 is 2. The third kappa shape index (κ3) is 7.50. The SMILES string of the molecule is COc1ccc(-c2csc(NC(=O)CSc3cccc(NC(=O)CC(C)(C)C)c3)n2)cc1OC. The molecular formula is C25H29N3O4S2. The molecule has 0 aliphatic rings. The fraction of sp³-hybridized carbons (Fsp3) is 0.320. The lowest BCUT2D eigenvalue weighted by molar-refractivity contribution is -0.118. The maximum Gasteiger partial charge on any atom is 0.236 e. The second kappa shape index (κ2) is 11.4. The van der Waals surface area contributed by atoms with Crippen LogP contribution in [-0.4, -0.2) is 36.8 Å². The molecule has 1 aromatic heterocycles. The topological polar surface area (TPSA) is 89.6 Å². The smallest absolute Gasteiger partial charge is 0.236 e. The average Bonchev–Trinajstić information content (AvgIpc) is 3.24. The molecule has 0 bridgehead atoms. The molecule has 0 saturated carbocycles. The van der Waals surface area contributed by atoms with Crippen molar-refractivity contribution in [2.45, 2.75) is 32.1 Å². The first kappa shape index (κ1) is 25.6. The number of thiazole rings is 1. The average molecular weight is 500 g/mol. The minimum Gasteiger partial charge on any atom is -0.493 e. The largest absolute Gasteiger partial charge is 0.493 e. The van der Waals surface area contributed by atoms with Crippen molar-refractivity contribution in [2.24, 2.45) is 5.41 Å². The molecular weight excluding hydrogens is 470 g/mol. The van der Waals surface area contributed by atoms with Crippen LogP contribution in [0.25, 0.3) is 11.3 Å². The molecule has 0 spiro atoms. The van der Waals surface area contributed by atoms with Gasteiger partial charge in [0.25, 0.3) is 0 Å². The summed E-state index contributed by atoms with van der Waals surface area (Å²) in [6.07, 6.45) is 0.436. The van der Waals surface area contributed by atoms with Gasteiger partial charge in [-0.2, -0.15) is 0 Å². The predicted octanol–water partition coefficient (Wildman–Crippen LogP) is 5.93. The molecule has 2 amide bonds. The zero-order valence-electron chi connectivity index (χ0n) is 19.9. The highest BCUT2D eigenvalue weighted by atomic mass is 32.2. The highest BCUT2D eigenvalue weighted by molar-refractivity contribution is 8.00. The molecule has 0 aliphatic carbocycles. The molecule has 7 nitrogen and oxygen atoms in total. The summed E-state index contributed by atoms with van der Waals surface area (Å²) in [5, 5.41) is 8.18. The number of rotatable bonds is 9. The lowest BCUT2D eigenvalue weighted by Crippen LogP contribution is -2.19. The van der Waals surface area contributed by atoms with Crippen LogP contribution in [0, 0.1) is 5.41 Å². The molecule has 3 aromatic rings. The summed E-state index contributed by atoms with van der Waals surface area (Å²) in [7, 11) is 3.17. The van der Waals surface area contributed by atoms with Gasteiger partial charge in [0.2, 0.25) is 11.8 Å². The minimum absolute atomic E-state index is 0.0264. The van der Waals surface area contributed by atoms with E-state index in [1.807, 2.05) is 68.6 Å². The van der Waals surface area contributed by atoms with Crippen molar-refractivity contribution >= 4 is 45.7 Å². The number of nitrogens with zero attached hydrogens (tertiary/aromatic N) is 1. The molecule has 0 aliphatic heterocycles. The summed E-state index contributed by atoms with van der Waals surface area (Å²) in [6.45, 7) is 6.07. The fourth-order valence-corrected chi connectivity index (χ4v) is 4.60. The van der Waals surface area contributed by atoms with Crippen LogP contribution in [0.3, 0.4) is 0 Å². The van der Waals surface area contributed by atoms with Gasteiger partial charge >= 0.3 is 0 Å². The van der Waals surface area contributed by atoms with E-state index in [1.165, 1.54) is 23.1 Å². The second-order valence-electron chi connectivity index (χ2n) is 8.76. The summed E-state index contributed by atoms with van der Waals surface area (Å²) < 4.78 is 10.6. The van der Waals surface area contributed by atoms with Gasteiger partial charge in [0, 0.05) is 27.9 Å². The monoisotopic (exact) mass is 499 g/mol. The number of amides is 2. The molecule has 9 heteroatoms. The highest BCUT2D eigenvalue weighted by Gasteiger charge is 2.16. The van der Waals surface area contributed by atoms with Gasteiger partial charge in [-0.25, -0.2) is 4.98 Å². The number of anilines is 2. The number of hydrogen-bond acceptors (Lipinski definition) is 7. The number of ether oxygens (including phenoxy) is 2. The van der Waals surface area contributed by atoms with Crippen LogP contribution in [-0.2, 0) is 9.59 Å². The van der Waals surface area contributed by atoms with Crippen LogP contribution >= 0.6 is 23.1 Å². The Kier molecular flexibility index (Phi) is 8.57. The molecule has 0 fully saturated rings. The van der Waals surface area contributed by atoms with E-state index < -0.39 is 0 Å². The zero-order valence-corrected chi connectivity index (χ0v) is 21.6. The first-order valence-corrected chi connectivity index (χ1v) is 12.5. The number of thioether (sulfide) groups is 1. The lowest BCUT2D eigenvalue weighted by Gasteiger charge is -2.17. The minimum atomic E-state index is -0.152. The van der Waals surface area contributed by atoms with Crippen molar-refractivity contribution in [2.75, 3.05) is 30.6 Å². The lowest BCUT2D eigenvalue weighted by atomic mass is 9.92. The van der Waals surface area contributed by atoms with Crippen LogP contribution in [0.2, 0.25) is 0 Å². The molecule has 0 unspecified atom stereocenters. The van der Waals surface area contributed by atoms with Gasteiger partial charge in [-0.1, -0.05) is 26.8 Å². The Morgan fingerprint density at radius 2 is 1.76 bits per heavy atom. The third-order valence-corrected chi connectivity index (χ3v) is 6.36. The standard InChI is InChI=1S/C25H29N3O4S2/c1-25(2,3)13-22(29)26-17-7-6-8-18(12-17)33-15-23(30)28-24-27-19(14-34-24)16-9-10-20(31-4)21(11-16)32-5/h6-12,14H,13,15H2,1-5H3,(H,26,29)(H,27,28,30). The Hall–Kier alpha value is -3.04. The molecule has 0 radical (unpaired) electrons. The summed E-state index contributed by atoms with van der Waals surface area (Å²) in [6, 6.07) is 13.1. The van der Waals surface area contributed by atoms with Crippen molar-refractivity contribution in [3.8, 4) is 22.8 Å². The fourth-order valence-electron chi connectivity index (χ4n) is 3.11. The van der Waals surface area contributed by atoms with Gasteiger partial charge in [0.15, 0.2) is 16.6 Å². The van der Waals surface area contributed by atoms with Crippen LogP contribution in [0.4, 0.5) is 10.8 Å². The molecule has 34 heavy (non-hydrogen) atoms. The number of benzene rings is 2. The summed E-state index contributed by atoms with van der Waals surface area (Å²) in [4.78, 5) is 30.1. The maximum atomic E-state index is 12.5. The summed E-state index contributed by atoms with van der Waals surface area (Å²) >= 11 is 2.76. The van der Waals surface area contributed by atoms with E-state index in [2.05, 4.69) is 15.6 Å². The highest BCUT2D eigenvalue weighted by Crippen LogP contribution is 2.33. The number of carbonyl (C=O) groups excluding carboxylic acids is 2. The van der Waals surface area contributed by atoms with E-state index in [-0.39, 0.29) is 23.0 Å². The van der Waals surface area contributed by atoms with E-state index in [0.717, 1.165) is 21.8 Å². The van der Waals surface area contributed by atoms with E-state index in [9.17, 15) is 9.59 Å². The number of aromatic nitrogens is 1. The normalized spacial score (nSPS) is 11.1. The van der Waals surface area contributed by atoms with Gasteiger partial charge in [-0.05, 0) is 41.8 Å². The van der Waals surface area contributed by atoms with E-state index in [1.54, 1.807) is 14.2 Å². The van der Waals surface area contributed by atoms with Gasteiger partial charge in [-0.15, -0.1) is 23.1 Å². The van der Waals surface area contributed by atoms with E-state index in [4.69, 9.17) is 9.47 Å². The van der Waals surface area contributed by atoms with Crippen LogP contribution in [0.5, 0.6) is 11.5 Å². The molecule has 0 saturated heterocycles. The van der Waals surface area contributed by atoms with Gasteiger partial charge < -0.3 is 20.1 Å². The maximum absolute atomic E-state index is 12.5. The Morgan fingerprint density at radius 3 is 2.47 bits per heavy atom. The third-order valence-electron chi connectivity index (χ3n) is 4.61. The number of carbonyl (C=O) groups is 2. The molecule has 2 aromatic carbocycles. The van der Waals surface area contributed by atoms with Crippen LogP contribution in [0.1, 0.15) is 27.2 Å².